The van der Waals surface area contributed by atoms with Gasteiger partial charge in [0, 0.05) is 23.5 Å². The summed E-state index contributed by atoms with van der Waals surface area (Å²) in [7, 11) is 0. The maximum Gasteiger partial charge on any atom is 0.292 e. The van der Waals surface area contributed by atoms with Gasteiger partial charge in [-0.05, 0) is 30.7 Å². The van der Waals surface area contributed by atoms with E-state index in [1.807, 2.05) is 54.8 Å². The number of rotatable bonds is 5. The molecule has 26 heavy (non-hydrogen) atoms. The number of nitrogens with one attached hydrogen (secondary N) is 1. The van der Waals surface area contributed by atoms with Gasteiger partial charge in [0.25, 0.3) is 5.91 Å². The molecular weight excluding hydrogens is 326 g/mol. The molecule has 1 atom stereocenters. The summed E-state index contributed by atoms with van der Waals surface area (Å²) in [6.07, 6.45) is 3.14. The van der Waals surface area contributed by atoms with Gasteiger partial charge in [-0.2, -0.15) is 0 Å². The molecule has 132 valence electrons. The molecule has 0 unspecified atom stereocenters. The number of aromatic nitrogens is 1. The van der Waals surface area contributed by atoms with Crippen LogP contribution in [0.5, 0.6) is 0 Å². The van der Waals surface area contributed by atoms with Crippen molar-refractivity contribution in [1.29, 1.82) is 0 Å². The summed E-state index contributed by atoms with van der Waals surface area (Å²) in [5, 5.41) is 3.21. The van der Waals surface area contributed by atoms with Gasteiger partial charge in [0.05, 0.1) is 18.7 Å². The fourth-order valence-electron chi connectivity index (χ4n) is 3.58. The van der Waals surface area contributed by atoms with Gasteiger partial charge in [0.1, 0.15) is 0 Å². The summed E-state index contributed by atoms with van der Waals surface area (Å²) < 4.78 is 0. The van der Waals surface area contributed by atoms with Gasteiger partial charge in [-0.25, -0.2) is 4.90 Å². The predicted molar refractivity (Wildman–Crippen MR) is 101 cm³/mol. The third-order valence-corrected chi connectivity index (χ3v) is 5.01. The minimum atomic E-state index is -0.325. The number of aryl methyl sites for hydroxylation is 1. The number of hydrogen-bond acceptors (Lipinski definition) is 2. The number of nitrogens with zero attached hydrogens (tertiary/aromatic N) is 1. The molecule has 2 amide bonds. The topological polar surface area (TPSA) is 69.8 Å². The Hall–Kier alpha value is -2.92. The van der Waals surface area contributed by atoms with Crippen LogP contribution in [0.15, 0.2) is 54.7 Å². The van der Waals surface area contributed by atoms with Crippen molar-refractivity contribution in [2.24, 2.45) is 0 Å². The van der Waals surface area contributed by atoms with E-state index in [9.17, 15) is 9.59 Å². The number of aromatic amines is 1. The first-order valence-corrected chi connectivity index (χ1v) is 8.95. The summed E-state index contributed by atoms with van der Waals surface area (Å²) in [5.74, 6) is -0.232. The predicted octanol–water partition coefficient (Wildman–Crippen LogP) is 1.91. The Morgan fingerprint density at radius 1 is 1.12 bits per heavy atom. The Morgan fingerprint density at radius 2 is 1.88 bits per heavy atom. The van der Waals surface area contributed by atoms with Gasteiger partial charge < -0.3 is 10.3 Å². The smallest absolute Gasteiger partial charge is 0.292 e. The lowest BCUT2D eigenvalue weighted by molar-refractivity contribution is -0.674. The summed E-state index contributed by atoms with van der Waals surface area (Å²) in [6.45, 7) is 2.76. The van der Waals surface area contributed by atoms with E-state index in [-0.39, 0.29) is 24.3 Å². The van der Waals surface area contributed by atoms with Gasteiger partial charge in [0.2, 0.25) is 5.91 Å². The minimum absolute atomic E-state index is 0.113. The zero-order chi connectivity index (χ0) is 18.1. The molecule has 0 bridgehead atoms. The first-order chi connectivity index (χ1) is 12.6. The van der Waals surface area contributed by atoms with Crippen molar-refractivity contribution in [3.8, 4) is 0 Å². The fraction of sp³-hybridized carbons (Fsp3) is 0.238. The second kappa shape index (κ2) is 6.77. The summed E-state index contributed by atoms with van der Waals surface area (Å²) in [4.78, 5) is 29.6. The zero-order valence-electron chi connectivity index (χ0n) is 14.7. The number of H-pyrrole nitrogens is 1. The van der Waals surface area contributed by atoms with Crippen molar-refractivity contribution in [1.82, 2.24) is 4.98 Å². The Kier molecular flexibility index (Phi) is 4.31. The normalized spacial score (nSPS) is 17.4. The standard InChI is InChI=1S/C21H21N3O2/c1-14-6-8-16(9-7-14)24-20(25)12-19(21(24)26)22-11-10-15-13-23-18-5-3-2-4-17(15)18/h2-9,13,19,22-23H,10-12H2,1H3/p+1/t19-/m0/s1. The van der Waals surface area contributed by atoms with E-state index >= 15 is 0 Å². The first kappa shape index (κ1) is 16.5. The lowest BCUT2D eigenvalue weighted by atomic mass is 10.1. The van der Waals surface area contributed by atoms with E-state index in [0.717, 1.165) is 24.0 Å². The molecule has 4 rings (SSSR count). The van der Waals surface area contributed by atoms with Crippen molar-refractivity contribution in [2.75, 3.05) is 11.4 Å². The summed E-state index contributed by atoms with van der Waals surface area (Å²) >= 11 is 0. The maximum atomic E-state index is 12.7. The SMILES string of the molecule is Cc1ccc(N2C(=O)C[C@H]([NH2+]CCc3c[nH]c4ccccc34)C2=O)cc1. The van der Waals surface area contributed by atoms with Crippen LogP contribution in [0.2, 0.25) is 0 Å². The molecule has 1 aliphatic rings. The van der Waals surface area contributed by atoms with Crippen LogP contribution in [0.3, 0.4) is 0 Å². The number of para-hydroxylation sites is 1. The minimum Gasteiger partial charge on any atom is -0.361 e. The Balaban J connectivity index is 1.40. The molecule has 2 heterocycles. The Labute approximate surface area is 152 Å². The van der Waals surface area contributed by atoms with E-state index in [0.29, 0.717) is 5.69 Å². The van der Waals surface area contributed by atoms with E-state index in [4.69, 9.17) is 0 Å². The Morgan fingerprint density at radius 3 is 2.69 bits per heavy atom. The van der Waals surface area contributed by atoms with E-state index < -0.39 is 0 Å². The monoisotopic (exact) mass is 348 g/mol. The van der Waals surface area contributed by atoms with Crippen LogP contribution < -0.4 is 10.2 Å². The second-order valence-electron chi connectivity index (χ2n) is 6.85. The number of quaternary nitrogens is 1. The molecule has 3 N–H and O–H groups in total. The van der Waals surface area contributed by atoms with Crippen LogP contribution >= 0.6 is 0 Å². The van der Waals surface area contributed by atoms with E-state index in [1.165, 1.54) is 15.8 Å². The van der Waals surface area contributed by atoms with E-state index in [1.54, 1.807) is 0 Å². The summed E-state index contributed by atoms with van der Waals surface area (Å²) in [6, 6.07) is 15.4. The lowest BCUT2D eigenvalue weighted by Crippen LogP contribution is -2.92. The van der Waals surface area contributed by atoms with Crippen molar-refractivity contribution < 1.29 is 14.9 Å². The molecule has 0 radical (unpaired) electrons. The van der Waals surface area contributed by atoms with Crippen LogP contribution in [0.1, 0.15) is 17.5 Å². The second-order valence-corrected chi connectivity index (χ2v) is 6.85. The molecule has 5 nitrogen and oxygen atoms in total. The quantitative estimate of drug-likeness (QED) is 0.692. The van der Waals surface area contributed by atoms with Crippen molar-refractivity contribution in [2.45, 2.75) is 25.8 Å². The third kappa shape index (κ3) is 3.02. The number of carbonyl (C=O) groups is 2. The highest BCUT2D eigenvalue weighted by Crippen LogP contribution is 2.22. The van der Waals surface area contributed by atoms with Gasteiger partial charge in [-0.3, -0.25) is 9.59 Å². The zero-order valence-corrected chi connectivity index (χ0v) is 14.7. The molecule has 0 saturated carbocycles. The van der Waals surface area contributed by atoms with E-state index in [2.05, 4.69) is 17.1 Å². The number of benzene rings is 2. The number of nitrogens with two attached hydrogens (primary N) is 1. The van der Waals surface area contributed by atoms with Crippen LogP contribution in [0.4, 0.5) is 5.69 Å². The molecule has 1 saturated heterocycles. The van der Waals surface area contributed by atoms with Crippen LogP contribution in [0, 0.1) is 6.92 Å². The van der Waals surface area contributed by atoms with Gasteiger partial charge >= 0.3 is 0 Å². The van der Waals surface area contributed by atoms with Crippen molar-refractivity contribution in [3.05, 3.63) is 65.9 Å². The maximum absolute atomic E-state index is 12.7. The van der Waals surface area contributed by atoms with Crippen LogP contribution in [-0.4, -0.2) is 29.4 Å². The molecule has 1 aliphatic heterocycles. The number of hydrogen-bond donors (Lipinski definition) is 2. The molecular formula is C21H22N3O2+. The highest BCUT2D eigenvalue weighted by Gasteiger charge is 2.41. The first-order valence-electron chi connectivity index (χ1n) is 8.95. The highest BCUT2D eigenvalue weighted by atomic mass is 16.2. The Bertz CT molecular complexity index is 959. The molecule has 1 fully saturated rings. The number of imide groups is 1. The average molecular weight is 348 g/mol. The lowest BCUT2D eigenvalue weighted by Gasteiger charge is -2.14. The number of anilines is 1. The van der Waals surface area contributed by atoms with Crippen molar-refractivity contribution >= 4 is 28.4 Å². The number of fused-ring (bicyclic) bond motifs is 1. The molecule has 3 aromatic rings. The number of amides is 2. The molecule has 2 aromatic carbocycles. The van der Waals surface area contributed by atoms with Crippen LogP contribution in [-0.2, 0) is 16.0 Å². The molecule has 0 aliphatic carbocycles. The third-order valence-electron chi connectivity index (χ3n) is 5.01. The highest BCUT2D eigenvalue weighted by molar-refractivity contribution is 6.21. The fourth-order valence-corrected chi connectivity index (χ4v) is 3.58. The summed E-state index contributed by atoms with van der Waals surface area (Å²) in [5.41, 5.74) is 4.14. The average Bonchev–Trinajstić information content (AvgIpc) is 3.17. The molecule has 1 aromatic heterocycles. The van der Waals surface area contributed by atoms with Gasteiger partial charge in [-0.15, -0.1) is 0 Å². The molecule has 5 heteroatoms. The largest absolute Gasteiger partial charge is 0.361 e. The van der Waals surface area contributed by atoms with Crippen LogP contribution in [0.25, 0.3) is 10.9 Å². The van der Waals surface area contributed by atoms with Gasteiger partial charge in [-0.1, -0.05) is 35.9 Å². The molecule has 0 spiro atoms. The number of carbonyl (C=O) groups excluding carboxylic acids is 2. The van der Waals surface area contributed by atoms with Crippen molar-refractivity contribution in [3.63, 3.8) is 0 Å². The van der Waals surface area contributed by atoms with Gasteiger partial charge in [0.15, 0.2) is 6.04 Å².